The molecule has 0 spiro atoms. The van der Waals surface area contributed by atoms with E-state index < -0.39 is 28.7 Å². The lowest BCUT2D eigenvalue weighted by molar-refractivity contribution is 0.213. The van der Waals surface area contributed by atoms with Gasteiger partial charge in [0.25, 0.3) is 0 Å². The van der Waals surface area contributed by atoms with Crippen LogP contribution in [0.4, 0.5) is 0 Å². The van der Waals surface area contributed by atoms with Crippen molar-refractivity contribution in [2.75, 3.05) is 0 Å². The molecule has 0 aromatic rings. The molecule has 0 unspecified atom stereocenters. The molecular weight excluding hydrogens is 187 g/mol. The highest BCUT2D eigenvalue weighted by atomic mass is 16.7. The molecule has 0 aliphatic rings. The third kappa shape index (κ3) is 18.7. The Kier molecular flexibility index (Phi) is 10.0. The third-order valence-electron chi connectivity index (χ3n) is 0.510. The van der Waals surface area contributed by atoms with E-state index >= 15 is 0 Å². The summed E-state index contributed by atoms with van der Waals surface area (Å²) in [7, 11) is -8.32. The van der Waals surface area contributed by atoms with Crippen LogP contribution in [0, 0.1) is 0 Å². The first kappa shape index (κ1) is 15.4. The van der Waals surface area contributed by atoms with Crippen LogP contribution in [-0.2, 0) is 4.57 Å². The summed E-state index contributed by atoms with van der Waals surface area (Å²) in [6.45, 7) is 0. The average molecular weight is 195 g/mol. The van der Waals surface area contributed by atoms with E-state index in [0.29, 0.717) is 0 Å². The molecule has 13 heavy (non-hydrogen) atoms. The van der Waals surface area contributed by atoms with Crippen molar-refractivity contribution >= 4 is 28.7 Å². The quantitative estimate of drug-likeness (QED) is 0.204. The largest absolute Gasteiger partial charge is 0.621 e. The molecule has 0 amide bonds. The first-order valence-corrected chi connectivity index (χ1v) is 2.87. The Morgan fingerprint density at radius 2 is 0.769 bits per heavy atom. The lowest BCUT2D eigenvalue weighted by atomic mass is 9.50. The molecule has 0 aromatic carbocycles. The van der Waals surface area contributed by atoms with E-state index in [0.717, 1.165) is 0 Å². The first-order valence-electron chi connectivity index (χ1n) is 2.87. The van der Waals surface area contributed by atoms with Gasteiger partial charge in [0, 0.05) is 0 Å². The van der Waals surface area contributed by atoms with Crippen LogP contribution in [0.15, 0.2) is 0 Å². The van der Waals surface area contributed by atoms with Gasteiger partial charge in [0.15, 0.2) is 0 Å². The van der Waals surface area contributed by atoms with Gasteiger partial charge in [0.05, 0.1) is 0 Å². The van der Waals surface area contributed by atoms with Crippen LogP contribution in [0.3, 0.4) is 0 Å². The van der Waals surface area contributed by atoms with Gasteiger partial charge in [-0.1, -0.05) is 0 Å². The highest BCUT2D eigenvalue weighted by Gasteiger charge is 2.24. The van der Waals surface area contributed by atoms with E-state index in [4.69, 9.17) is 40.2 Å². The Morgan fingerprint density at radius 3 is 0.769 bits per heavy atom. The van der Waals surface area contributed by atoms with Gasteiger partial charge in [-0.3, -0.25) is 0 Å². The van der Waals surface area contributed by atoms with Gasteiger partial charge in [0.2, 0.25) is 0 Å². The van der Waals surface area contributed by atoms with Gasteiger partial charge in [0.1, 0.15) is 0 Å². The second-order valence-corrected chi connectivity index (χ2v) is 1.62. The molecule has 74 valence electrons. The fourth-order valence-electron chi connectivity index (χ4n) is 0.109. The Balaban J connectivity index is 0. The van der Waals surface area contributed by atoms with Crippen molar-refractivity contribution in [1.82, 2.24) is 0 Å². The van der Waals surface area contributed by atoms with Crippen LogP contribution in [0.5, 0.6) is 0 Å². The molecule has 8 N–H and O–H groups in total. The maximum Gasteiger partial charge on any atom is 0.621 e. The second-order valence-electron chi connectivity index (χ2n) is 1.62. The van der Waals surface area contributed by atoms with Crippen molar-refractivity contribution < 1.29 is 44.8 Å². The summed E-state index contributed by atoms with van der Waals surface area (Å²) in [6.07, 6.45) is 0. The molecule has 0 fully saturated rings. The lowest BCUT2D eigenvalue weighted by Crippen LogP contribution is -2.35. The van der Waals surface area contributed by atoms with E-state index in [1.807, 2.05) is 0 Å². The predicted molar refractivity (Wildman–Crippen MR) is 41.9 cm³/mol. The summed E-state index contributed by atoms with van der Waals surface area (Å²) in [6, 6.07) is 0. The molecule has 13 heteroatoms. The molecule has 0 aromatic heterocycles. The predicted octanol–water partition coefficient (Wildman–Crippen LogP) is -6.05. The van der Waals surface area contributed by atoms with Crippen molar-refractivity contribution in [2.24, 2.45) is 0 Å². The van der Waals surface area contributed by atoms with Gasteiger partial charge in [-0.2, -0.15) is 0 Å². The Labute approximate surface area is 74.5 Å². The van der Waals surface area contributed by atoms with E-state index in [-0.39, 0.29) is 0 Å². The standard InChI is InChI=1S/B2H4O5.B2H4O4/c3-1(4)7-2(5)6;3-1(4)2(5)6/h3-6H;3-6H. The number of hydrogen-bond acceptors (Lipinski definition) is 9. The fourth-order valence-corrected chi connectivity index (χ4v) is 0.109. The molecule has 0 aliphatic carbocycles. The zero-order chi connectivity index (χ0) is 11.0. The van der Waals surface area contributed by atoms with Crippen molar-refractivity contribution in [1.29, 1.82) is 0 Å². The molecule has 0 aliphatic heterocycles. The summed E-state index contributed by atoms with van der Waals surface area (Å²) < 4.78 is 3.47. The topological polar surface area (TPSA) is 171 Å². The molecular formula is H8B4O9. The Bertz CT molecular complexity index is 87.8. The molecule has 0 atom stereocenters. The number of hydrogen-bond donors (Lipinski definition) is 8. The zero-order valence-corrected chi connectivity index (χ0v) is 6.30. The lowest BCUT2D eigenvalue weighted by Gasteiger charge is -1.95. The Morgan fingerprint density at radius 1 is 0.538 bits per heavy atom. The summed E-state index contributed by atoms with van der Waals surface area (Å²) >= 11 is 0. The van der Waals surface area contributed by atoms with Gasteiger partial charge in [-0.15, -0.1) is 0 Å². The van der Waals surface area contributed by atoms with Crippen molar-refractivity contribution in [3.63, 3.8) is 0 Å². The van der Waals surface area contributed by atoms with Crippen LogP contribution in [-0.4, -0.2) is 68.9 Å². The molecule has 0 radical (unpaired) electrons. The van der Waals surface area contributed by atoms with E-state index in [1.165, 1.54) is 0 Å². The molecule has 0 heterocycles. The molecule has 9 nitrogen and oxygen atoms in total. The Hall–Kier alpha value is -0.100. The van der Waals surface area contributed by atoms with Gasteiger partial charge < -0.3 is 44.8 Å². The molecule has 0 rings (SSSR count). The first-order chi connectivity index (χ1) is 5.77. The maximum absolute atomic E-state index is 7.74. The maximum atomic E-state index is 7.74. The van der Waals surface area contributed by atoms with Crippen LogP contribution in [0.2, 0.25) is 0 Å². The fraction of sp³-hybridized carbons (Fsp3) is 0. The summed E-state index contributed by atoms with van der Waals surface area (Å²) in [4.78, 5) is 0. The van der Waals surface area contributed by atoms with Crippen LogP contribution >= 0.6 is 0 Å². The molecule has 0 saturated carbocycles. The minimum absolute atomic E-state index is 2.04. The van der Waals surface area contributed by atoms with Gasteiger partial charge in [-0.25, -0.2) is 0 Å². The van der Waals surface area contributed by atoms with Crippen molar-refractivity contribution in [3.05, 3.63) is 0 Å². The smallest absolute Gasteiger partial charge is 0.429 e. The van der Waals surface area contributed by atoms with Crippen molar-refractivity contribution in [2.45, 2.75) is 0 Å². The number of rotatable bonds is 3. The highest BCUT2D eigenvalue weighted by molar-refractivity contribution is 7.07. The monoisotopic (exact) mass is 196 g/mol. The molecule has 0 bridgehead atoms. The highest BCUT2D eigenvalue weighted by Crippen LogP contribution is 1.73. The van der Waals surface area contributed by atoms with Crippen LogP contribution < -0.4 is 0 Å². The minimum atomic E-state index is -2.13. The van der Waals surface area contributed by atoms with E-state index in [2.05, 4.69) is 4.57 Å². The second kappa shape index (κ2) is 8.50. The summed E-state index contributed by atoms with van der Waals surface area (Å²) in [5.74, 6) is 0. The molecule has 0 saturated heterocycles. The zero-order valence-electron chi connectivity index (χ0n) is 6.30. The van der Waals surface area contributed by atoms with Gasteiger partial charge in [-0.05, 0) is 0 Å². The summed E-state index contributed by atoms with van der Waals surface area (Å²) in [5, 5.41) is 61.7. The van der Waals surface area contributed by atoms with Gasteiger partial charge >= 0.3 is 28.7 Å². The summed E-state index contributed by atoms with van der Waals surface area (Å²) in [5.41, 5.74) is 0. The normalized spacial score (nSPS) is 8.31. The van der Waals surface area contributed by atoms with E-state index in [1.54, 1.807) is 0 Å². The van der Waals surface area contributed by atoms with Crippen LogP contribution in [0.1, 0.15) is 0 Å². The SMILES string of the molecule is OB(O)B(O)O.OB(O)OB(O)O. The minimum Gasteiger partial charge on any atom is -0.429 e. The average Bonchev–Trinajstić information content (AvgIpc) is 1.84. The van der Waals surface area contributed by atoms with Crippen LogP contribution in [0.25, 0.3) is 0 Å². The third-order valence-corrected chi connectivity index (χ3v) is 0.510. The van der Waals surface area contributed by atoms with Crippen molar-refractivity contribution in [3.8, 4) is 0 Å². The van der Waals surface area contributed by atoms with E-state index in [9.17, 15) is 0 Å².